The molecule has 0 saturated carbocycles. The summed E-state index contributed by atoms with van der Waals surface area (Å²) in [5.41, 5.74) is 5.68. The van der Waals surface area contributed by atoms with Gasteiger partial charge in [0.1, 0.15) is 6.54 Å². The first kappa shape index (κ1) is 21.1. The van der Waals surface area contributed by atoms with Crippen molar-refractivity contribution in [2.45, 2.75) is 17.7 Å². The normalized spacial score (nSPS) is 15.1. The molecule has 154 valence electrons. The quantitative estimate of drug-likeness (QED) is 0.751. The third kappa shape index (κ3) is 4.89. The van der Waals surface area contributed by atoms with Crippen LogP contribution in [0.4, 0.5) is 5.69 Å². The first-order valence-electron chi connectivity index (χ1n) is 9.19. The second kappa shape index (κ2) is 8.84. The highest BCUT2D eigenvalue weighted by atomic mass is 35.5. The lowest BCUT2D eigenvalue weighted by Gasteiger charge is -2.33. The third-order valence-electron chi connectivity index (χ3n) is 4.97. The summed E-state index contributed by atoms with van der Waals surface area (Å²) in [5.74, 6) is -0.951. The molecule has 9 heteroatoms. The highest BCUT2D eigenvalue weighted by Gasteiger charge is 2.31. The number of carbonyl (C=O) groups excluding carboxylic acids is 2. The first-order chi connectivity index (χ1) is 13.8. The molecule has 0 spiro atoms. The van der Waals surface area contributed by atoms with Crippen LogP contribution in [0.15, 0.2) is 59.5 Å². The lowest BCUT2D eigenvalue weighted by molar-refractivity contribution is -0.133. The van der Waals surface area contributed by atoms with Gasteiger partial charge in [-0.3, -0.25) is 13.9 Å². The van der Waals surface area contributed by atoms with Crippen molar-refractivity contribution in [3.8, 4) is 0 Å². The van der Waals surface area contributed by atoms with Gasteiger partial charge < -0.3 is 10.6 Å². The number of anilines is 1. The van der Waals surface area contributed by atoms with Crippen molar-refractivity contribution >= 4 is 39.1 Å². The van der Waals surface area contributed by atoms with Crippen LogP contribution >= 0.6 is 11.6 Å². The number of benzene rings is 2. The van der Waals surface area contributed by atoms with Crippen molar-refractivity contribution in [1.82, 2.24) is 4.90 Å². The number of nitrogens with zero attached hydrogens (tertiary/aromatic N) is 2. The minimum absolute atomic E-state index is 0.0928. The minimum Gasteiger partial charge on any atom is -0.369 e. The molecule has 3 rings (SSSR count). The van der Waals surface area contributed by atoms with Crippen molar-refractivity contribution in [2.24, 2.45) is 11.7 Å². The largest absolute Gasteiger partial charge is 0.369 e. The van der Waals surface area contributed by atoms with E-state index in [0.29, 0.717) is 36.6 Å². The van der Waals surface area contributed by atoms with Crippen molar-refractivity contribution < 1.29 is 18.0 Å². The maximum atomic E-state index is 13.2. The number of nitrogens with two attached hydrogens (primary N) is 1. The van der Waals surface area contributed by atoms with Gasteiger partial charge in [-0.05, 0) is 49.2 Å². The van der Waals surface area contributed by atoms with Gasteiger partial charge in [-0.15, -0.1) is 0 Å². The molecule has 0 atom stereocenters. The van der Waals surface area contributed by atoms with E-state index < -0.39 is 10.0 Å². The molecule has 0 aromatic heterocycles. The second-order valence-corrected chi connectivity index (χ2v) is 9.16. The molecule has 1 heterocycles. The van der Waals surface area contributed by atoms with E-state index in [1.54, 1.807) is 47.4 Å². The SMILES string of the molecule is NC(=O)C1CCN(C(=O)CN(c2ccc(Cl)cc2)S(=O)(=O)c2ccccc2)CC1. The summed E-state index contributed by atoms with van der Waals surface area (Å²) in [6, 6.07) is 14.2. The molecule has 0 unspecified atom stereocenters. The molecule has 2 aromatic carbocycles. The summed E-state index contributed by atoms with van der Waals surface area (Å²) >= 11 is 5.93. The molecule has 1 fully saturated rings. The molecule has 29 heavy (non-hydrogen) atoms. The standard InChI is InChI=1S/C20H22ClN3O4S/c21-16-6-8-17(9-7-16)24(29(27,28)18-4-2-1-3-5-18)14-19(25)23-12-10-15(11-13-23)20(22)26/h1-9,15H,10-14H2,(H2,22,26). The second-order valence-electron chi connectivity index (χ2n) is 6.86. The lowest BCUT2D eigenvalue weighted by atomic mass is 9.96. The van der Waals surface area contributed by atoms with E-state index in [1.165, 1.54) is 12.1 Å². The van der Waals surface area contributed by atoms with Gasteiger partial charge in [0.25, 0.3) is 10.0 Å². The molecule has 2 amide bonds. The number of halogens is 1. The molecule has 2 aromatic rings. The van der Waals surface area contributed by atoms with Crippen LogP contribution in [0.3, 0.4) is 0 Å². The fourth-order valence-electron chi connectivity index (χ4n) is 3.28. The van der Waals surface area contributed by atoms with Crippen LogP contribution in [0.5, 0.6) is 0 Å². The highest BCUT2D eigenvalue weighted by molar-refractivity contribution is 7.92. The molecule has 0 bridgehead atoms. The van der Waals surface area contributed by atoms with Gasteiger partial charge >= 0.3 is 0 Å². The molecule has 1 saturated heterocycles. The Morgan fingerprint density at radius 2 is 1.62 bits per heavy atom. The van der Waals surface area contributed by atoms with Gasteiger partial charge in [0.05, 0.1) is 10.6 Å². The molecule has 2 N–H and O–H groups in total. The summed E-state index contributed by atoms with van der Waals surface area (Å²) in [6.07, 6.45) is 0.959. The van der Waals surface area contributed by atoms with Crippen LogP contribution in [0.25, 0.3) is 0 Å². The zero-order valence-electron chi connectivity index (χ0n) is 15.7. The van der Waals surface area contributed by atoms with E-state index in [9.17, 15) is 18.0 Å². The predicted molar refractivity (Wildman–Crippen MR) is 111 cm³/mol. The van der Waals surface area contributed by atoms with Crippen LogP contribution in [-0.4, -0.2) is 44.8 Å². The van der Waals surface area contributed by atoms with Crippen molar-refractivity contribution in [3.63, 3.8) is 0 Å². The van der Waals surface area contributed by atoms with Gasteiger partial charge in [0.2, 0.25) is 11.8 Å². The van der Waals surface area contributed by atoms with Crippen LogP contribution < -0.4 is 10.0 Å². The average Bonchev–Trinajstić information content (AvgIpc) is 2.73. The number of likely N-dealkylation sites (tertiary alicyclic amines) is 1. The number of primary amides is 1. The first-order valence-corrected chi connectivity index (χ1v) is 11.0. The number of rotatable bonds is 6. The zero-order valence-corrected chi connectivity index (χ0v) is 17.3. The summed E-state index contributed by atoms with van der Waals surface area (Å²) in [7, 11) is -3.96. The molecule has 1 aliphatic heterocycles. The van der Waals surface area contributed by atoms with E-state index in [0.717, 1.165) is 4.31 Å². The van der Waals surface area contributed by atoms with Crippen LogP contribution in [0, 0.1) is 5.92 Å². The number of hydrogen-bond donors (Lipinski definition) is 1. The van der Waals surface area contributed by atoms with Crippen molar-refractivity contribution in [2.75, 3.05) is 23.9 Å². The minimum atomic E-state index is -3.96. The van der Waals surface area contributed by atoms with Crippen molar-refractivity contribution in [3.05, 3.63) is 59.6 Å². The smallest absolute Gasteiger partial charge is 0.264 e. The van der Waals surface area contributed by atoms with Crippen molar-refractivity contribution in [1.29, 1.82) is 0 Å². The fourth-order valence-corrected chi connectivity index (χ4v) is 4.84. The van der Waals surface area contributed by atoms with E-state index >= 15 is 0 Å². The third-order valence-corrected chi connectivity index (χ3v) is 7.01. The maximum Gasteiger partial charge on any atom is 0.264 e. The average molecular weight is 436 g/mol. The molecular weight excluding hydrogens is 414 g/mol. The van der Waals surface area contributed by atoms with Gasteiger partial charge in [-0.1, -0.05) is 29.8 Å². The zero-order chi connectivity index (χ0) is 21.0. The number of hydrogen-bond acceptors (Lipinski definition) is 4. The van der Waals surface area contributed by atoms with E-state index in [1.807, 2.05) is 0 Å². The van der Waals surface area contributed by atoms with E-state index in [2.05, 4.69) is 0 Å². The van der Waals surface area contributed by atoms with Crippen LogP contribution in [-0.2, 0) is 19.6 Å². The Hall–Kier alpha value is -2.58. The molecule has 7 nitrogen and oxygen atoms in total. The van der Waals surface area contributed by atoms with E-state index in [4.69, 9.17) is 17.3 Å². The van der Waals surface area contributed by atoms with Gasteiger partial charge in [-0.2, -0.15) is 0 Å². The Bertz CT molecular complexity index is 973. The van der Waals surface area contributed by atoms with Gasteiger partial charge in [0.15, 0.2) is 0 Å². The molecule has 1 aliphatic rings. The summed E-state index contributed by atoms with van der Waals surface area (Å²) in [5, 5.41) is 0.464. The van der Waals surface area contributed by atoms with Gasteiger partial charge in [0, 0.05) is 24.0 Å². The Kier molecular flexibility index (Phi) is 6.44. The molecule has 0 radical (unpaired) electrons. The Balaban J connectivity index is 1.85. The number of amides is 2. The number of sulfonamides is 1. The predicted octanol–water partition coefficient (Wildman–Crippen LogP) is 2.26. The number of carbonyl (C=O) groups is 2. The van der Waals surface area contributed by atoms with E-state index in [-0.39, 0.29) is 29.2 Å². The highest BCUT2D eigenvalue weighted by Crippen LogP contribution is 2.26. The van der Waals surface area contributed by atoms with Crippen LogP contribution in [0.2, 0.25) is 5.02 Å². The Morgan fingerprint density at radius 1 is 1.03 bits per heavy atom. The maximum absolute atomic E-state index is 13.2. The van der Waals surface area contributed by atoms with Crippen LogP contribution in [0.1, 0.15) is 12.8 Å². The summed E-state index contributed by atoms with van der Waals surface area (Å²) in [4.78, 5) is 25.9. The Labute approximate surface area is 175 Å². The Morgan fingerprint density at radius 3 is 2.17 bits per heavy atom. The van der Waals surface area contributed by atoms with Gasteiger partial charge in [-0.25, -0.2) is 8.42 Å². The summed E-state index contributed by atoms with van der Waals surface area (Å²) < 4.78 is 27.6. The fraction of sp³-hybridized carbons (Fsp3) is 0.300. The monoisotopic (exact) mass is 435 g/mol. The topological polar surface area (TPSA) is 101 Å². The molecule has 0 aliphatic carbocycles. The number of piperidine rings is 1. The molecular formula is C20H22ClN3O4S. The summed E-state index contributed by atoms with van der Waals surface area (Å²) in [6.45, 7) is 0.388. The lowest BCUT2D eigenvalue weighted by Crippen LogP contribution is -2.47.